The first-order valence-corrected chi connectivity index (χ1v) is 7.87. The van der Waals surface area contributed by atoms with E-state index in [1.54, 1.807) is 7.11 Å². The van der Waals surface area contributed by atoms with E-state index in [1.807, 2.05) is 25.2 Å². The highest BCUT2D eigenvalue weighted by Gasteiger charge is 2.07. The second-order valence-electron chi connectivity index (χ2n) is 5.46. The minimum Gasteiger partial charge on any atom is -0.496 e. The van der Waals surface area contributed by atoms with Gasteiger partial charge in [-0.2, -0.15) is 0 Å². The molecule has 0 aliphatic rings. The summed E-state index contributed by atoms with van der Waals surface area (Å²) in [5.74, 6) is 0.911. The van der Waals surface area contributed by atoms with Gasteiger partial charge in [0.15, 0.2) is 0 Å². The molecule has 0 heterocycles. The predicted molar refractivity (Wildman–Crippen MR) is 93.4 cm³/mol. The van der Waals surface area contributed by atoms with E-state index in [4.69, 9.17) is 4.74 Å². The van der Waals surface area contributed by atoms with Gasteiger partial charge >= 0.3 is 0 Å². The van der Waals surface area contributed by atoms with Crippen LogP contribution in [0.1, 0.15) is 24.9 Å². The fourth-order valence-corrected chi connectivity index (χ4v) is 2.54. The van der Waals surface area contributed by atoms with Crippen molar-refractivity contribution in [3.63, 3.8) is 0 Å². The molecule has 22 heavy (non-hydrogen) atoms. The quantitative estimate of drug-likeness (QED) is 0.730. The second-order valence-corrected chi connectivity index (χ2v) is 5.46. The van der Waals surface area contributed by atoms with Gasteiger partial charge in [0, 0.05) is 11.6 Å². The Morgan fingerprint density at radius 1 is 1.00 bits per heavy atom. The Morgan fingerprint density at radius 2 is 1.73 bits per heavy atom. The molecule has 3 nitrogen and oxygen atoms in total. The third-order valence-corrected chi connectivity index (χ3v) is 3.88. The van der Waals surface area contributed by atoms with Crippen LogP contribution in [0, 0.1) is 0 Å². The van der Waals surface area contributed by atoms with Gasteiger partial charge in [-0.05, 0) is 50.7 Å². The maximum atomic E-state index is 5.44. The number of hydrogen-bond acceptors (Lipinski definition) is 3. The molecule has 0 amide bonds. The van der Waals surface area contributed by atoms with Crippen LogP contribution in [0.2, 0.25) is 0 Å². The number of nitrogens with one attached hydrogen (secondary N) is 2. The number of methoxy groups -OCH3 is 1. The molecule has 118 valence electrons. The molecule has 2 aromatic rings. The van der Waals surface area contributed by atoms with Gasteiger partial charge in [-0.1, -0.05) is 42.5 Å². The number of benzene rings is 2. The van der Waals surface area contributed by atoms with Gasteiger partial charge in [0.05, 0.1) is 7.11 Å². The fourth-order valence-electron chi connectivity index (χ4n) is 2.54. The zero-order valence-electron chi connectivity index (χ0n) is 13.7. The van der Waals surface area contributed by atoms with Gasteiger partial charge in [0.2, 0.25) is 0 Å². The smallest absolute Gasteiger partial charge is 0.126 e. The molecule has 0 saturated heterocycles. The topological polar surface area (TPSA) is 33.3 Å². The van der Waals surface area contributed by atoms with Crippen molar-refractivity contribution in [1.29, 1.82) is 0 Å². The zero-order valence-corrected chi connectivity index (χ0v) is 13.7. The van der Waals surface area contributed by atoms with Crippen LogP contribution in [0.5, 0.6) is 5.75 Å². The van der Waals surface area contributed by atoms with E-state index in [1.165, 1.54) is 11.1 Å². The van der Waals surface area contributed by atoms with E-state index in [2.05, 4.69) is 47.9 Å². The SMILES string of the molecule is CNCCCNC(C)c1ccc(-c2ccccc2OC)cc1. The van der Waals surface area contributed by atoms with E-state index in [9.17, 15) is 0 Å². The van der Waals surface area contributed by atoms with Crippen LogP contribution >= 0.6 is 0 Å². The molecule has 0 aromatic heterocycles. The van der Waals surface area contributed by atoms with Crippen LogP contribution in [0.25, 0.3) is 11.1 Å². The van der Waals surface area contributed by atoms with Crippen molar-refractivity contribution in [2.75, 3.05) is 27.2 Å². The van der Waals surface area contributed by atoms with Gasteiger partial charge in [-0.15, -0.1) is 0 Å². The fraction of sp³-hybridized carbons (Fsp3) is 0.368. The van der Waals surface area contributed by atoms with E-state index in [0.29, 0.717) is 6.04 Å². The van der Waals surface area contributed by atoms with Crippen LogP contribution in [0.4, 0.5) is 0 Å². The highest BCUT2D eigenvalue weighted by molar-refractivity contribution is 5.70. The first-order valence-electron chi connectivity index (χ1n) is 7.87. The average Bonchev–Trinajstić information content (AvgIpc) is 2.58. The van der Waals surface area contributed by atoms with Crippen molar-refractivity contribution < 1.29 is 4.74 Å². The summed E-state index contributed by atoms with van der Waals surface area (Å²) in [5.41, 5.74) is 3.62. The Balaban J connectivity index is 2.03. The third kappa shape index (κ3) is 4.33. The summed E-state index contributed by atoms with van der Waals surface area (Å²) in [4.78, 5) is 0. The number of para-hydroxylation sites is 1. The molecule has 0 aliphatic heterocycles. The normalized spacial score (nSPS) is 12.1. The minimum atomic E-state index is 0.364. The lowest BCUT2D eigenvalue weighted by molar-refractivity contribution is 0.416. The van der Waals surface area contributed by atoms with Crippen LogP contribution < -0.4 is 15.4 Å². The minimum absolute atomic E-state index is 0.364. The van der Waals surface area contributed by atoms with Crippen LogP contribution in [-0.2, 0) is 0 Å². The van der Waals surface area contributed by atoms with Crippen molar-refractivity contribution in [2.45, 2.75) is 19.4 Å². The molecule has 3 heteroatoms. The summed E-state index contributed by atoms with van der Waals surface area (Å²) >= 11 is 0. The molecular weight excluding hydrogens is 272 g/mol. The van der Waals surface area contributed by atoms with Gasteiger partial charge in [0.1, 0.15) is 5.75 Å². The van der Waals surface area contributed by atoms with E-state index in [0.717, 1.165) is 30.8 Å². The first kappa shape index (κ1) is 16.5. The number of rotatable bonds is 8. The van der Waals surface area contributed by atoms with E-state index in [-0.39, 0.29) is 0 Å². The molecule has 0 radical (unpaired) electrons. The highest BCUT2D eigenvalue weighted by atomic mass is 16.5. The maximum Gasteiger partial charge on any atom is 0.126 e. The van der Waals surface area contributed by atoms with Gasteiger partial charge < -0.3 is 15.4 Å². The molecule has 1 unspecified atom stereocenters. The Morgan fingerprint density at radius 3 is 2.41 bits per heavy atom. The second kappa shape index (κ2) is 8.57. The van der Waals surface area contributed by atoms with Crippen molar-refractivity contribution in [3.05, 3.63) is 54.1 Å². The monoisotopic (exact) mass is 298 g/mol. The summed E-state index contributed by atoms with van der Waals surface area (Å²) < 4.78 is 5.44. The van der Waals surface area contributed by atoms with Crippen molar-refractivity contribution in [2.24, 2.45) is 0 Å². The van der Waals surface area contributed by atoms with Crippen molar-refractivity contribution in [3.8, 4) is 16.9 Å². The Bertz CT molecular complexity index is 566. The lowest BCUT2D eigenvalue weighted by Crippen LogP contribution is -2.22. The molecule has 0 bridgehead atoms. The standard InChI is InChI=1S/C19H26N2O/c1-15(21-14-6-13-20-2)16-9-11-17(12-10-16)18-7-4-5-8-19(18)22-3/h4-5,7-12,15,20-21H,6,13-14H2,1-3H3. The predicted octanol–water partition coefficient (Wildman–Crippen LogP) is 3.62. The first-order chi connectivity index (χ1) is 10.8. The number of hydrogen-bond donors (Lipinski definition) is 2. The van der Waals surface area contributed by atoms with Gasteiger partial charge in [-0.3, -0.25) is 0 Å². The summed E-state index contributed by atoms with van der Waals surface area (Å²) in [6, 6.07) is 17.2. The Hall–Kier alpha value is -1.84. The third-order valence-electron chi connectivity index (χ3n) is 3.88. The van der Waals surface area contributed by atoms with Crippen LogP contribution in [-0.4, -0.2) is 27.2 Å². The lowest BCUT2D eigenvalue weighted by Gasteiger charge is -2.15. The van der Waals surface area contributed by atoms with Crippen LogP contribution in [0.3, 0.4) is 0 Å². The molecule has 0 aliphatic carbocycles. The molecular formula is C19H26N2O. The molecule has 0 fully saturated rings. The largest absolute Gasteiger partial charge is 0.496 e. The Labute approximate surface area is 133 Å². The molecule has 1 atom stereocenters. The van der Waals surface area contributed by atoms with Gasteiger partial charge in [0.25, 0.3) is 0 Å². The summed E-state index contributed by atoms with van der Waals surface area (Å²) in [5, 5.41) is 6.72. The molecule has 0 spiro atoms. The highest BCUT2D eigenvalue weighted by Crippen LogP contribution is 2.30. The summed E-state index contributed by atoms with van der Waals surface area (Å²) in [6.45, 7) is 4.28. The van der Waals surface area contributed by atoms with Gasteiger partial charge in [-0.25, -0.2) is 0 Å². The van der Waals surface area contributed by atoms with E-state index >= 15 is 0 Å². The average molecular weight is 298 g/mol. The van der Waals surface area contributed by atoms with E-state index < -0.39 is 0 Å². The lowest BCUT2D eigenvalue weighted by atomic mass is 10.0. The maximum absolute atomic E-state index is 5.44. The molecule has 2 rings (SSSR count). The number of ether oxygens (including phenoxy) is 1. The van der Waals surface area contributed by atoms with Crippen molar-refractivity contribution in [1.82, 2.24) is 10.6 Å². The summed E-state index contributed by atoms with van der Waals surface area (Å²) in [6.07, 6.45) is 1.14. The van der Waals surface area contributed by atoms with Crippen molar-refractivity contribution >= 4 is 0 Å². The molecule has 2 N–H and O–H groups in total. The zero-order chi connectivity index (χ0) is 15.8. The molecule has 2 aromatic carbocycles. The molecule has 0 saturated carbocycles. The van der Waals surface area contributed by atoms with Crippen LogP contribution in [0.15, 0.2) is 48.5 Å². The summed E-state index contributed by atoms with van der Waals surface area (Å²) in [7, 11) is 3.70. The Kier molecular flexibility index (Phi) is 6.44.